The summed E-state index contributed by atoms with van der Waals surface area (Å²) in [4.78, 5) is 33.6. The molecule has 1 aliphatic heterocycles. The third kappa shape index (κ3) is 11.6. The lowest BCUT2D eigenvalue weighted by atomic mass is 9.46. The SMILES string of the molecule is C=C(C)C(=O)OC(C)(C)C12CC3CC(CC(C3)C1)C2.C=C(C)C(=O)OC1CCOC1=O.C=Cc1ccc(OC2(C)CCCC2)cc1.Oc1cc[c]cc1. The van der Waals surface area contributed by atoms with Crippen molar-refractivity contribution in [3.05, 3.63) is 91.0 Å². The highest BCUT2D eigenvalue weighted by Gasteiger charge is 2.58. The molecule has 4 bridgehead atoms. The van der Waals surface area contributed by atoms with Gasteiger partial charge in [0.05, 0.1) is 6.61 Å². The highest BCUT2D eigenvalue weighted by atomic mass is 16.6. The Labute approximate surface area is 316 Å². The van der Waals surface area contributed by atoms with E-state index >= 15 is 0 Å². The molecule has 1 heterocycles. The van der Waals surface area contributed by atoms with Gasteiger partial charge in [0, 0.05) is 23.0 Å². The van der Waals surface area contributed by atoms with Crippen molar-refractivity contribution in [3.8, 4) is 11.5 Å². The summed E-state index contributed by atoms with van der Waals surface area (Å²) < 4.78 is 21.2. The van der Waals surface area contributed by atoms with E-state index in [1.165, 1.54) is 71.1 Å². The number of cyclic esters (lactones) is 1. The van der Waals surface area contributed by atoms with Gasteiger partial charge in [0.25, 0.3) is 0 Å². The van der Waals surface area contributed by atoms with E-state index in [0.29, 0.717) is 24.4 Å². The first kappa shape index (κ1) is 41.4. The summed E-state index contributed by atoms with van der Waals surface area (Å²) in [5.41, 5.74) is 1.88. The molecule has 5 aliphatic carbocycles. The largest absolute Gasteiger partial charge is 0.508 e. The van der Waals surface area contributed by atoms with Crippen LogP contribution >= 0.6 is 0 Å². The average molecular weight is 728 g/mol. The fraction of sp³-hybridized carbons (Fsp3) is 0.533. The van der Waals surface area contributed by atoms with Gasteiger partial charge in [0.2, 0.25) is 6.10 Å². The Morgan fingerprint density at radius 2 is 1.43 bits per heavy atom. The maximum Gasteiger partial charge on any atom is 0.347 e. The van der Waals surface area contributed by atoms with Gasteiger partial charge in [-0.2, -0.15) is 0 Å². The fourth-order valence-electron chi connectivity index (χ4n) is 8.65. The first-order valence-electron chi connectivity index (χ1n) is 19.0. The van der Waals surface area contributed by atoms with Crippen LogP contribution in [0, 0.1) is 29.2 Å². The number of benzene rings is 2. The van der Waals surface area contributed by atoms with Crippen molar-refractivity contribution >= 4 is 24.0 Å². The molecule has 8 rings (SSSR count). The standard InChI is InChI=1S/C17H26O2.C14H18O.C8H10O4.C6H5O/c1-11(2)15(18)19-16(3,4)17-8-12-5-13(9-17)7-14(6-12)10-17;1-3-12-6-8-13(9-7-12)15-14(2)10-4-5-11-14;1-5(2)7(9)12-6-3-4-11-8(6)10;7-6-4-2-1-3-5-6/h12-14H,1,5-10H2,2-4H3;3,6-9H,1,4-5,10-11H2,2H3;6H,1,3-4H2,2H3;2-5,7H. The van der Waals surface area contributed by atoms with Gasteiger partial charge in [-0.05, 0) is 152 Å². The molecule has 1 unspecified atom stereocenters. The summed E-state index contributed by atoms with van der Waals surface area (Å²) in [6.07, 6.45) is 14.5. The van der Waals surface area contributed by atoms with Crippen LogP contribution in [0.25, 0.3) is 6.08 Å². The minimum Gasteiger partial charge on any atom is -0.508 e. The number of ether oxygens (including phenoxy) is 4. The molecule has 1 N–H and O–H groups in total. The Hall–Kier alpha value is -4.33. The lowest BCUT2D eigenvalue weighted by molar-refractivity contribution is -0.195. The van der Waals surface area contributed by atoms with Gasteiger partial charge in [-0.15, -0.1) is 0 Å². The Kier molecular flexibility index (Phi) is 14.2. The topological polar surface area (TPSA) is 108 Å². The van der Waals surface area contributed by atoms with E-state index < -0.39 is 18.0 Å². The third-order valence-electron chi connectivity index (χ3n) is 11.3. The number of esters is 3. The van der Waals surface area contributed by atoms with Crippen LogP contribution in [0.3, 0.4) is 0 Å². The maximum atomic E-state index is 11.9. The van der Waals surface area contributed by atoms with E-state index in [2.05, 4.69) is 51.3 Å². The van der Waals surface area contributed by atoms with Gasteiger partial charge in [-0.1, -0.05) is 50.1 Å². The van der Waals surface area contributed by atoms with Crippen molar-refractivity contribution in [2.24, 2.45) is 23.2 Å². The number of aromatic hydroxyl groups is 1. The second kappa shape index (κ2) is 18.1. The molecule has 1 saturated heterocycles. The molecule has 2 aromatic rings. The average Bonchev–Trinajstić information content (AvgIpc) is 3.72. The minimum atomic E-state index is -0.728. The van der Waals surface area contributed by atoms with E-state index in [1.807, 2.05) is 30.3 Å². The van der Waals surface area contributed by atoms with Crippen LogP contribution in [-0.2, 0) is 28.6 Å². The zero-order chi connectivity index (χ0) is 38.8. The highest BCUT2D eigenvalue weighted by molar-refractivity contribution is 5.89. The van der Waals surface area contributed by atoms with Crippen LogP contribution < -0.4 is 4.74 Å². The minimum absolute atomic E-state index is 0.0652. The molecular formula is C45H59O8. The number of phenols is 1. The van der Waals surface area contributed by atoms with Crippen LogP contribution in [0.15, 0.2) is 79.4 Å². The quantitative estimate of drug-likeness (QED) is 0.163. The van der Waals surface area contributed by atoms with Crippen LogP contribution in [0.4, 0.5) is 0 Å². The first-order valence-corrected chi connectivity index (χ1v) is 19.0. The van der Waals surface area contributed by atoms with Crippen molar-refractivity contribution < 1.29 is 38.4 Å². The summed E-state index contributed by atoms with van der Waals surface area (Å²) in [6, 6.07) is 17.4. The molecule has 5 saturated carbocycles. The van der Waals surface area contributed by atoms with Crippen LogP contribution in [-0.4, -0.2) is 46.9 Å². The normalized spacial score (nSPS) is 25.8. The summed E-state index contributed by atoms with van der Waals surface area (Å²) in [6.45, 7) is 20.9. The van der Waals surface area contributed by atoms with Crippen LogP contribution in [0.5, 0.6) is 11.5 Å². The first-order chi connectivity index (χ1) is 25.0. The van der Waals surface area contributed by atoms with E-state index in [9.17, 15) is 14.4 Å². The molecule has 0 amide bonds. The van der Waals surface area contributed by atoms with Crippen molar-refractivity contribution in [2.45, 2.75) is 123 Å². The molecule has 1 radical (unpaired) electrons. The summed E-state index contributed by atoms with van der Waals surface area (Å²) >= 11 is 0. The highest BCUT2D eigenvalue weighted by Crippen LogP contribution is 2.64. The van der Waals surface area contributed by atoms with E-state index in [4.69, 9.17) is 19.3 Å². The van der Waals surface area contributed by atoms with Gasteiger partial charge in [-0.3, -0.25) is 0 Å². The Balaban J connectivity index is 0.000000166. The molecule has 0 aromatic heterocycles. The lowest BCUT2D eigenvalue weighted by Crippen LogP contribution is -2.57. The second-order valence-corrected chi connectivity index (χ2v) is 16.3. The molecular weight excluding hydrogens is 668 g/mol. The van der Waals surface area contributed by atoms with Crippen molar-refractivity contribution in [1.29, 1.82) is 0 Å². The Morgan fingerprint density at radius 1 is 0.906 bits per heavy atom. The number of hydrogen-bond donors (Lipinski definition) is 1. The van der Waals surface area contributed by atoms with Gasteiger partial charge < -0.3 is 24.1 Å². The number of rotatable bonds is 8. The maximum absolute atomic E-state index is 11.9. The summed E-state index contributed by atoms with van der Waals surface area (Å²) in [7, 11) is 0. The number of carbonyl (C=O) groups excluding carboxylic acids is 3. The zero-order valence-electron chi connectivity index (χ0n) is 32.4. The molecule has 8 nitrogen and oxygen atoms in total. The molecule has 287 valence electrons. The molecule has 6 fully saturated rings. The third-order valence-corrected chi connectivity index (χ3v) is 11.3. The number of phenolic OH excluding ortho intramolecular Hbond substituents is 1. The van der Waals surface area contributed by atoms with Gasteiger partial charge in [0.15, 0.2) is 0 Å². The second-order valence-electron chi connectivity index (χ2n) is 16.3. The van der Waals surface area contributed by atoms with Crippen LogP contribution in [0.2, 0.25) is 0 Å². The molecule has 6 aliphatic rings. The van der Waals surface area contributed by atoms with E-state index in [0.717, 1.165) is 29.1 Å². The smallest absolute Gasteiger partial charge is 0.347 e. The van der Waals surface area contributed by atoms with Crippen molar-refractivity contribution in [2.75, 3.05) is 6.61 Å². The van der Waals surface area contributed by atoms with E-state index in [-0.39, 0.29) is 28.2 Å². The molecule has 2 aromatic carbocycles. The van der Waals surface area contributed by atoms with E-state index in [1.54, 1.807) is 31.2 Å². The molecule has 53 heavy (non-hydrogen) atoms. The summed E-state index contributed by atoms with van der Waals surface area (Å²) in [5.74, 6) is 2.69. The molecule has 8 heteroatoms. The van der Waals surface area contributed by atoms with Crippen molar-refractivity contribution in [1.82, 2.24) is 0 Å². The Morgan fingerprint density at radius 3 is 1.85 bits per heavy atom. The summed E-state index contributed by atoms with van der Waals surface area (Å²) in [5, 5.41) is 8.61. The monoisotopic (exact) mass is 727 g/mol. The lowest BCUT2D eigenvalue weighted by Gasteiger charge is -2.61. The predicted octanol–water partition coefficient (Wildman–Crippen LogP) is 9.76. The Bertz CT molecular complexity index is 1550. The molecule has 1 atom stereocenters. The van der Waals surface area contributed by atoms with Gasteiger partial charge in [0.1, 0.15) is 22.7 Å². The van der Waals surface area contributed by atoms with Gasteiger partial charge in [-0.25, -0.2) is 14.4 Å². The zero-order valence-corrected chi connectivity index (χ0v) is 32.4. The number of hydrogen-bond acceptors (Lipinski definition) is 8. The van der Waals surface area contributed by atoms with Gasteiger partial charge >= 0.3 is 17.9 Å². The van der Waals surface area contributed by atoms with Crippen LogP contribution in [0.1, 0.15) is 111 Å². The predicted molar refractivity (Wildman–Crippen MR) is 207 cm³/mol. The van der Waals surface area contributed by atoms with Crippen molar-refractivity contribution in [3.63, 3.8) is 0 Å². The number of carbonyl (C=O) groups is 3. The molecule has 0 spiro atoms. The fourth-order valence-corrected chi connectivity index (χ4v) is 8.65.